The van der Waals surface area contributed by atoms with E-state index in [4.69, 9.17) is 12.3 Å². The molecule has 0 aromatic heterocycles. The van der Waals surface area contributed by atoms with Crippen LogP contribution in [0.5, 0.6) is 0 Å². The molecule has 4 rings (SSSR count). The maximum Gasteiger partial charge on any atom is 0.323 e. The Bertz CT molecular complexity index is 495. The zero-order valence-corrected chi connectivity index (χ0v) is 23.7. The van der Waals surface area contributed by atoms with Crippen LogP contribution in [0.1, 0.15) is 99.3 Å². The summed E-state index contributed by atoms with van der Waals surface area (Å²) >= 11 is 0. The van der Waals surface area contributed by atoms with Crippen LogP contribution >= 0.6 is 0 Å². The lowest BCUT2D eigenvalue weighted by molar-refractivity contribution is 0.197. The zero-order valence-electron chi connectivity index (χ0n) is 20.7. The van der Waals surface area contributed by atoms with Crippen molar-refractivity contribution in [2.24, 2.45) is 17.8 Å². The molecule has 3 nitrogen and oxygen atoms in total. The van der Waals surface area contributed by atoms with Crippen LogP contribution in [0.4, 0.5) is 0 Å². The Morgan fingerprint density at radius 2 is 0.733 bits per heavy atom. The highest BCUT2D eigenvalue weighted by molar-refractivity contribution is 6.96. The first-order valence-electron chi connectivity index (χ1n) is 13.3. The lowest BCUT2D eigenvalue weighted by atomic mass is 10.2. The van der Waals surface area contributed by atoms with Gasteiger partial charge in [0.2, 0.25) is 0 Å². The summed E-state index contributed by atoms with van der Waals surface area (Å²) in [5.74, 6) is 2.22. The van der Waals surface area contributed by atoms with E-state index < -0.39 is 25.7 Å². The predicted molar refractivity (Wildman–Crippen MR) is 132 cm³/mol. The van der Waals surface area contributed by atoms with Crippen molar-refractivity contribution in [1.82, 2.24) is 0 Å². The molecule has 0 atom stereocenters. The summed E-state index contributed by atoms with van der Waals surface area (Å²) in [5.41, 5.74) is 2.32. The molecule has 0 aromatic rings. The maximum atomic E-state index is 7.52. The van der Waals surface area contributed by atoms with E-state index in [9.17, 15) is 0 Å². The van der Waals surface area contributed by atoms with Gasteiger partial charge >= 0.3 is 25.7 Å². The van der Waals surface area contributed by atoms with Crippen molar-refractivity contribution in [3.63, 3.8) is 0 Å². The molecular formula is C24H48O3Si3. The summed E-state index contributed by atoms with van der Waals surface area (Å²) in [7, 11) is -6.52. The van der Waals surface area contributed by atoms with Gasteiger partial charge in [-0.05, 0) is 93.7 Å². The number of rotatable bonds is 12. The molecule has 4 aliphatic rings. The minimum atomic E-state index is -2.17. The fourth-order valence-electron chi connectivity index (χ4n) is 5.40. The van der Waals surface area contributed by atoms with Crippen LogP contribution in [-0.2, 0) is 12.3 Å². The highest BCUT2D eigenvalue weighted by Crippen LogP contribution is 2.63. The molecule has 1 saturated heterocycles. The quantitative estimate of drug-likeness (QED) is 0.271. The van der Waals surface area contributed by atoms with Gasteiger partial charge in [-0.2, -0.15) is 0 Å². The molecule has 0 unspecified atom stereocenters. The summed E-state index contributed by atoms with van der Waals surface area (Å²) < 4.78 is 22.6. The van der Waals surface area contributed by atoms with Gasteiger partial charge in [0.15, 0.2) is 0 Å². The SMILES string of the molecule is CC(C)CC[Si]1(C2CC2)O[Si](CCC(C)C)(C2CC2)O[Si](CCC(C)C)(C2CC2)O1. The van der Waals surface area contributed by atoms with Crippen molar-refractivity contribution in [3.8, 4) is 0 Å². The zero-order chi connectivity index (χ0) is 21.6. The van der Waals surface area contributed by atoms with E-state index in [2.05, 4.69) is 41.5 Å². The fourth-order valence-corrected chi connectivity index (χ4v) is 27.8. The van der Waals surface area contributed by atoms with Gasteiger partial charge in [-0.3, -0.25) is 0 Å². The van der Waals surface area contributed by atoms with Crippen LogP contribution in [-0.4, -0.2) is 25.7 Å². The van der Waals surface area contributed by atoms with Gasteiger partial charge in [-0.1, -0.05) is 41.5 Å². The molecule has 1 heterocycles. The van der Waals surface area contributed by atoms with Crippen LogP contribution in [0.2, 0.25) is 34.8 Å². The van der Waals surface area contributed by atoms with Crippen molar-refractivity contribution >= 4 is 25.7 Å². The Labute approximate surface area is 189 Å². The fraction of sp³-hybridized carbons (Fsp3) is 1.00. The Morgan fingerprint density at radius 3 is 0.900 bits per heavy atom. The first kappa shape index (κ1) is 23.7. The van der Waals surface area contributed by atoms with Crippen LogP contribution < -0.4 is 0 Å². The molecule has 0 amide bonds. The monoisotopic (exact) mass is 468 g/mol. The average Bonchev–Trinajstić information content (AvgIpc) is 3.53. The number of hydrogen-bond donors (Lipinski definition) is 0. The van der Waals surface area contributed by atoms with Crippen LogP contribution in [0.25, 0.3) is 0 Å². The second-order valence-electron chi connectivity index (χ2n) is 12.4. The Balaban J connectivity index is 1.69. The molecule has 0 bridgehead atoms. The number of hydrogen-bond acceptors (Lipinski definition) is 3. The predicted octanol–water partition coefficient (Wildman–Crippen LogP) is 8.01. The maximum absolute atomic E-state index is 7.52. The molecule has 0 spiro atoms. The van der Waals surface area contributed by atoms with E-state index in [1.165, 1.54) is 75.9 Å². The second kappa shape index (κ2) is 9.05. The van der Waals surface area contributed by atoms with Crippen molar-refractivity contribution < 1.29 is 12.3 Å². The average molecular weight is 469 g/mol. The minimum Gasteiger partial charge on any atom is -0.415 e. The topological polar surface area (TPSA) is 27.7 Å². The van der Waals surface area contributed by atoms with E-state index in [1.807, 2.05) is 0 Å². The molecule has 0 radical (unpaired) electrons. The third-order valence-electron chi connectivity index (χ3n) is 7.85. The Hall–Kier alpha value is 0.531. The van der Waals surface area contributed by atoms with Gasteiger partial charge in [0.25, 0.3) is 0 Å². The van der Waals surface area contributed by atoms with Crippen molar-refractivity contribution in [2.75, 3.05) is 0 Å². The molecule has 3 saturated carbocycles. The van der Waals surface area contributed by atoms with Crippen molar-refractivity contribution in [3.05, 3.63) is 0 Å². The van der Waals surface area contributed by atoms with Crippen LogP contribution in [0.3, 0.4) is 0 Å². The molecule has 4 fully saturated rings. The van der Waals surface area contributed by atoms with Gasteiger partial charge in [0.1, 0.15) is 0 Å². The highest BCUT2D eigenvalue weighted by Gasteiger charge is 2.71. The van der Waals surface area contributed by atoms with Crippen molar-refractivity contribution in [2.45, 2.75) is 134 Å². The summed E-state index contributed by atoms with van der Waals surface area (Å²) in [4.78, 5) is 0. The standard InChI is InChI=1S/C24H48O3Si3/c1-19(2)13-16-28(22-7-8-22)25-29(23-9-10-23,17-14-20(3)4)27-30(26-28,24-11-12-24)18-15-21(5)6/h19-24H,7-18H2,1-6H3. The van der Waals surface area contributed by atoms with Crippen LogP contribution in [0, 0.1) is 17.8 Å². The first-order valence-corrected chi connectivity index (χ1v) is 19.6. The molecular weight excluding hydrogens is 421 g/mol. The molecule has 30 heavy (non-hydrogen) atoms. The summed E-state index contributed by atoms with van der Waals surface area (Å²) in [6.45, 7) is 14.3. The second-order valence-corrected chi connectivity index (χ2v) is 23.6. The van der Waals surface area contributed by atoms with Gasteiger partial charge in [-0.25, -0.2) is 0 Å². The molecule has 174 valence electrons. The highest BCUT2D eigenvalue weighted by atomic mass is 28.5. The Kier molecular flexibility index (Phi) is 7.15. The smallest absolute Gasteiger partial charge is 0.323 e. The van der Waals surface area contributed by atoms with E-state index in [0.717, 1.165) is 34.4 Å². The molecule has 3 aliphatic carbocycles. The van der Waals surface area contributed by atoms with Gasteiger partial charge in [0, 0.05) is 16.6 Å². The lowest BCUT2D eigenvalue weighted by Gasteiger charge is -2.55. The summed E-state index contributed by atoms with van der Waals surface area (Å²) in [6, 6.07) is 3.72. The normalized spacial score (nSPS) is 37.5. The third kappa shape index (κ3) is 5.36. The lowest BCUT2D eigenvalue weighted by Crippen LogP contribution is -2.71. The third-order valence-corrected chi connectivity index (χ3v) is 24.6. The molecule has 6 heteroatoms. The van der Waals surface area contributed by atoms with Gasteiger partial charge in [-0.15, -0.1) is 0 Å². The first-order chi connectivity index (χ1) is 14.2. The molecule has 1 aliphatic heterocycles. The van der Waals surface area contributed by atoms with Gasteiger partial charge < -0.3 is 12.3 Å². The van der Waals surface area contributed by atoms with E-state index in [0.29, 0.717) is 0 Å². The van der Waals surface area contributed by atoms with E-state index in [-0.39, 0.29) is 0 Å². The van der Waals surface area contributed by atoms with E-state index >= 15 is 0 Å². The van der Waals surface area contributed by atoms with Crippen LogP contribution in [0.15, 0.2) is 0 Å². The largest absolute Gasteiger partial charge is 0.415 e. The summed E-state index contributed by atoms with van der Waals surface area (Å²) in [6.07, 6.45) is 12.0. The molecule has 0 aromatic carbocycles. The molecule has 0 N–H and O–H groups in total. The van der Waals surface area contributed by atoms with Crippen molar-refractivity contribution in [1.29, 1.82) is 0 Å². The van der Waals surface area contributed by atoms with Gasteiger partial charge in [0.05, 0.1) is 0 Å². The van der Waals surface area contributed by atoms with E-state index in [1.54, 1.807) is 0 Å². The summed E-state index contributed by atoms with van der Waals surface area (Å²) in [5, 5.41) is 0. The minimum absolute atomic E-state index is 0.739. The Morgan fingerprint density at radius 1 is 0.500 bits per heavy atom.